The van der Waals surface area contributed by atoms with Gasteiger partial charge in [0.15, 0.2) is 0 Å². The summed E-state index contributed by atoms with van der Waals surface area (Å²) in [6, 6.07) is 9.56. The van der Waals surface area contributed by atoms with Crippen LogP contribution in [0.2, 0.25) is 0 Å². The fourth-order valence-electron chi connectivity index (χ4n) is 1.94. The molecule has 1 fully saturated rings. The number of thioether (sulfide) groups is 1. The lowest BCUT2D eigenvalue weighted by atomic mass is 10.2. The summed E-state index contributed by atoms with van der Waals surface area (Å²) in [5.74, 6) is 0.583. The van der Waals surface area contributed by atoms with Gasteiger partial charge in [0.2, 0.25) is 0 Å². The van der Waals surface area contributed by atoms with Crippen LogP contribution in [0.15, 0.2) is 46.4 Å². The van der Waals surface area contributed by atoms with E-state index in [0.29, 0.717) is 5.84 Å². The minimum Gasteiger partial charge on any atom is -0.300 e. The van der Waals surface area contributed by atoms with Crippen molar-refractivity contribution in [3.05, 3.63) is 52.7 Å². The Labute approximate surface area is 126 Å². The topological polar surface area (TPSA) is 59.3 Å². The number of amidine groups is 1. The molecule has 5 nitrogen and oxygen atoms in total. The third kappa shape index (κ3) is 2.90. The van der Waals surface area contributed by atoms with E-state index in [-0.39, 0.29) is 5.24 Å². The summed E-state index contributed by atoms with van der Waals surface area (Å²) in [6.07, 6.45) is 3.72. The molecule has 0 unspecified atom stereocenters. The van der Waals surface area contributed by atoms with Crippen molar-refractivity contribution in [3.63, 3.8) is 0 Å². The van der Waals surface area contributed by atoms with Gasteiger partial charge < -0.3 is 5.32 Å². The number of carbonyl (C=O) groups is 1. The van der Waals surface area contributed by atoms with Gasteiger partial charge in [0.05, 0.1) is 16.8 Å². The molecule has 1 saturated heterocycles. The first kappa shape index (κ1) is 13.6. The monoisotopic (exact) mass is 298 g/mol. The second-order valence-corrected chi connectivity index (χ2v) is 5.64. The van der Waals surface area contributed by atoms with Crippen molar-refractivity contribution >= 4 is 34.6 Å². The van der Waals surface area contributed by atoms with Crippen molar-refractivity contribution in [1.82, 2.24) is 15.1 Å². The van der Waals surface area contributed by atoms with Crippen LogP contribution < -0.4 is 5.32 Å². The van der Waals surface area contributed by atoms with Crippen LogP contribution in [0, 0.1) is 6.92 Å². The van der Waals surface area contributed by atoms with E-state index in [1.165, 1.54) is 0 Å². The summed E-state index contributed by atoms with van der Waals surface area (Å²) in [5.41, 5.74) is 2.84. The van der Waals surface area contributed by atoms with Gasteiger partial charge in [-0.15, -0.1) is 0 Å². The van der Waals surface area contributed by atoms with E-state index in [0.717, 1.165) is 33.6 Å². The van der Waals surface area contributed by atoms with Crippen molar-refractivity contribution in [2.75, 3.05) is 0 Å². The number of hydrogen-bond donors (Lipinski definition) is 1. The van der Waals surface area contributed by atoms with E-state index >= 15 is 0 Å². The summed E-state index contributed by atoms with van der Waals surface area (Å²) >= 11 is 1.15. The Morgan fingerprint density at radius 2 is 2.10 bits per heavy atom. The van der Waals surface area contributed by atoms with Crippen molar-refractivity contribution in [2.45, 2.75) is 6.92 Å². The second kappa shape index (κ2) is 5.57. The second-order valence-electron chi connectivity index (χ2n) is 4.63. The number of aliphatic imine (C=N–C) groups is 1. The lowest BCUT2D eigenvalue weighted by Gasteiger charge is -2.00. The van der Waals surface area contributed by atoms with Crippen molar-refractivity contribution in [2.24, 2.45) is 12.0 Å². The molecule has 0 bridgehead atoms. The zero-order chi connectivity index (χ0) is 14.8. The minimum atomic E-state index is -0.113. The number of carbonyl (C=O) groups excluding carboxylic acids is 1. The van der Waals surface area contributed by atoms with Crippen LogP contribution in [-0.4, -0.2) is 20.9 Å². The Hall–Kier alpha value is -2.34. The van der Waals surface area contributed by atoms with Gasteiger partial charge in [0, 0.05) is 18.3 Å². The smallest absolute Gasteiger partial charge is 0.289 e. The third-order valence-electron chi connectivity index (χ3n) is 3.21. The molecule has 1 aromatic carbocycles. The highest BCUT2D eigenvalue weighted by molar-refractivity contribution is 8.18. The van der Waals surface area contributed by atoms with Crippen LogP contribution in [0.4, 0.5) is 10.5 Å². The third-order valence-corrected chi connectivity index (χ3v) is 4.03. The van der Waals surface area contributed by atoms with Gasteiger partial charge in [0.25, 0.3) is 5.24 Å². The van der Waals surface area contributed by atoms with Gasteiger partial charge in [-0.25, -0.2) is 4.99 Å². The van der Waals surface area contributed by atoms with E-state index in [1.807, 2.05) is 50.4 Å². The van der Waals surface area contributed by atoms with Crippen LogP contribution in [-0.2, 0) is 7.05 Å². The Morgan fingerprint density at radius 1 is 1.33 bits per heavy atom. The van der Waals surface area contributed by atoms with E-state index < -0.39 is 0 Å². The Kier molecular flexibility index (Phi) is 3.62. The van der Waals surface area contributed by atoms with Gasteiger partial charge in [0.1, 0.15) is 5.84 Å². The first-order valence-corrected chi connectivity index (χ1v) is 7.28. The molecule has 106 valence electrons. The number of benzene rings is 1. The highest BCUT2D eigenvalue weighted by Gasteiger charge is 2.24. The highest BCUT2D eigenvalue weighted by atomic mass is 32.2. The molecule has 1 N–H and O–H groups in total. The molecule has 6 heteroatoms. The number of nitrogens with one attached hydrogen (secondary N) is 1. The summed E-state index contributed by atoms with van der Waals surface area (Å²) < 4.78 is 1.80. The molecular weight excluding hydrogens is 284 g/mol. The van der Waals surface area contributed by atoms with Crippen molar-refractivity contribution < 1.29 is 4.79 Å². The predicted octanol–water partition coefficient (Wildman–Crippen LogP) is 3.26. The molecule has 0 spiro atoms. The van der Waals surface area contributed by atoms with Gasteiger partial charge in [-0.3, -0.25) is 9.48 Å². The van der Waals surface area contributed by atoms with E-state index in [9.17, 15) is 4.79 Å². The first-order valence-electron chi connectivity index (χ1n) is 6.47. The van der Waals surface area contributed by atoms with Crippen LogP contribution >= 0.6 is 11.8 Å². The molecule has 0 radical (unpaired) electrons. The van der Waals surface area contributed by atoms with Gasteiger partial charge >= 0.3 is 0 Å². The van der Waals surface area contributed by atoms with Gasteiger partial charge in [-0.05, 0) is 36.9 Å². The lowest BCUT2D eigenvalue weighted by Crippen LogP contribution is -2.18. The summed E-state index contributed by atoms with van der Waals surface area (Å²) in [5, 5.41) is 6.87. The van der Waals surface area contributed by atoms with Crippen molar-refractivity contribution in [1.29, 1.82) is 0 Å². The molecule has 2 heterocycles. The zero-order valence-electron chi connectivity index (χ0n) is 11.7. The van der Waals surface area contributed by atoms with E-state index in [1.54, 1.807) is 10.9 Å². The minimum absolute atomic E-state index is 0.113. The number of rotatable bonds is 2. The molecule has 1 aliphatic rings. The zero-order valence-corrected chi connectivity index (χ0v) is 12.5. The quantitative estimate of drug-likeness (QED) is 0.925. The predicted molar refractivity (Wildman–Crippen MR) is 85.6 cm³/mol. The number of para-hydroxylation sites is 1. The molecule has 3 rings (SSSR count). The lowest BCUT2D eigenvalue weighted by molar-refractivity contribution is 0.265. The summed E-state index contributed by atoms with van der Waals surface area (Å²) in [6.45, 7) is 1.99. The number of nitrogens with zero attached hydrogens (tertiary/aromatic N) is 3. The number of aryl methyl sites for hydroxylation is 1. The van der Waals surface area contributed by atoms with Crippen molar-refractivity contribution in [3.8, 4) is 0 Å². The average molecular weight is 298 g/mol. The molecular formula is C15H14N4OS. The standard InChI is InChI=1S/C15H14N4OS/c1-10-11(9-16-19(10)2)8-13-14(18-15(20)21-13)17-12-6-4-3-5-7-12/h3-9H,1-2H3,(H,17,18,20). The normalized spacial score (nSPS) is 18.5. The SMILES string of the molecule is Cc1c(C=C2SC(=O)NC2=Nc2ccccc2)cnn1C. The van der Waals surface area contributed by atoms with Gasteiger partial charge in [-0.1, -0.05) is 18.2 Å². The molecule has 2 aromatic rings. The van der Waals surface area contributed by atoms with Gasteiger partial charge in [-0.2, -0.15) is 5.10 Å². The van der Waals surface area contributed by atoms with E-state index in [4.69, 9.17) is 0 Å². The first-order chi connectivity index (χ1) is 10.1. The molecule has 0 aliphatic carbocycles. The Morgan fingerprint density at radius 3 is 2.76 bits per heavy atom. The van der Waals surface area contributed by atoms with E-state index in [2.05, 4.69) is 15.4 Å². The maximum atomic E-state index is 11.6. The number of hydrogen-bond acceptors (Lipinski definition) is 4. The molecule has 1 aromatic heterocycles. The molecule has 0 saturated carbocycles. The average Bonchev–Trinajstić information content (AvgIpc) is 2.97. The fraction of sp³-hybridized carbons (Fsp3) is 0.133. The maximum absolute atomic E-state index is 11.6. The largest absolute Gasteiger partial charge is 0.300 e. The maximum Gasteiger partial charge on any atom is 0.289 e. The summed E-state index contributed by atoms with van der Waals surface area (Å²) in [7, 11) is 1.89. The van der Waals surface area contributed by atoms with Crippen LogP contribution in [0.25, 0.3) is 6.08 Å². The molecule has 0 atom stereocenters. The van der Waals surface area contributed by atoms with Crippen LogP contribution in [0.1, 0.15) is 11.3 Å². The number of amides is 1. The summed E-state index contributed by atoms with van der Waals surface area (Å²) in [4.78, 5) is 16.9. The Balaban J connectivity index is 1.98. The number of aromatic nitrogens is 2. The Bertz CT molecular complexity index is 746. The molecule has 1 aliphatic heterocycles. The highest BCUT2D eigenvalue weighted by Crippen LogP contribution is 2.28. The molecule has 1 amide bonds. The van der Waals surface area contributed by atoms with Crippen LogP contribution in [0.3, 0.4) is 0 Å². The van der Waals surface area contributed by atoms with Crippen LogP contribution in [0.5, 0.6) is 0 Å². The fourth-order valence-corrected chi connectivity index (χ4v) is 2.67. The molecule has 21 heavy (non-hydrogen) atoms.